The van der Waals surface area contributed by atoms with Crippen molar-refractivity contribution in [3.05, 3.63) is 0 Å². The highest BCUT2D eigenvalue weighted by Crippen LogP contribution is 1.90. The van der Waals surface area contributed by atoms with Gasteiger partial charge in [-0.1, -0.05) is 0 Å². The van der Waals surface area contributed by atoms with Crippen molar-refractivity contribution < 1.29 is 13.2 Å². The Morgan fingerprint density at radius 1 is 1.50 bits per heavy atom. The molecule has 0 bridgehead atoms. The SMILES string of the molecule is [NH]C(=O)CCCS(N)(=O)=O. The number of hydrogen-bond donors (Lipinski definition) is 1. The fourth-order valence-electron chi connectivity index (χ4n) is 0.434. The molecule has 1 amide bonds. The predicted molar refractivity (Wildman–Crippen MR) is 35.3 cm³/mol. The number of primary sulfonamides is 1. The van der Waals surface area contributed by atoms with Gasteiger partial charge in [0.1, 0.15) is 0 Å². The van der Waals surface area contributed by atoms with Crippen LogP contribution < -0.4 is 10.9 Å². The van der Waals surface area contributed by atoms with Crippen molar-refractivity contribution in [3.8, 4) is 0 Å². The molecule has 0 unspecified atom stereocenters. The molecule has 6 heteroatoms. The maximum Gasteiger partial charge on any atom is 0.238 e. The third kappa shape index (κ3) is 7.38. The lowest BCUT2D eigenvalue weighted by molar-refractivity contribution is -0.118. The third-order valence-corrected chi connectivity index (χ3v) is 1.69. The van der Waals surface area contributed by atoms with Gasteiger partial charge in [-0.3, -0.25) is 10.5 Å². The van der Waals surface area contributed by atoms with E-state index in [1.54, 1.807) is 0 Å². The number of rotatable bonds is 4. The summed E-state index contributed by atoms with van der Waals surface area (Å²) in [5.41, 5.74) is 6.41. The second-order valence-electron chi connectivity index (χ2n) is 1.89. The van der Waals surface area contributed by atoms with E-state index in [4.69, 9.17) is 5.73 Å². The maximum absolute atomic E-state index is 10.2. The van der Waals surface area contributed by atoms with Crippen molar-refractivity contribution >= 4 is 15.9 Å². The molecule has 0 aromatic heterocycles. The highest BCUT2D eigenvalue weighted by molar-refractivity contribution is 7.89. The molecule has 0 saturated carbocycles. The zero-order chi connectivity index (χ0) is 8.20. The molecule has 0 fully saturated rings. The molecule has 1 radical (unpaired) electrons. The second-order valence-corrected chi connectivity index (χ2v) is 3.63. The number of hydrogen-bond acceptors (Lipinski definition) is 3. The molecule has 5 nitrogen and oxygen atoms in total. The van der Waals surface area contributed by atoms with Gasteiger partial charge in [0.2, 0.25) is 15.9 Å². The van der Waals surface area contributed by atoms with Crippen LogP contribution in [0.3, 0.4) is 0 Å². The smallest absolute Gasteiger partial charge is 0.238 e. The molecular weight excluding hydrogens is 156 g/mol. The van der Waals surface area contributed by atoms with E-state index in [0.717, 1.165) is 0 Å². The van der Waals surface area contributed by atoms with Crippen LogP contribution in [0.5, 0.6) is 0 Å². The van der Waals surface area contributed by atoms with Crippen LogP contribution in [-0.2, 0) is 14.8 Å². The summed E-state index contributed by atoms with van der Waals surface area (Å²) in [6.07, 6.45) is 0.0948. The van der Waals surface area contributed by atoms with Gasteiger partial charge in [-0.25, -0.2) is 13.6 Å². The van der Waals surface area contributed by atoms with Crippen LogP contribution in [-0.4, -0.2) is 20.1 Å². The standard InChI is InChI=1S/C4H9N2O3S/c5-4(7)2-1-3-10(6,8)9/h5H,1-3H2,(H2,6,8,9). The molecule has 0 rings (SSSR count). The second kappa shape index (κ2) is 3.52. The van der Waals surface area contributed by atoms with Gasteiger partial charge in [0.25, 0.3) is 0 Å². The highest BCUT2D eigenvalue weighted by Gasteiger charge is 2.03. The topological polar surface area (TPSA) is 101 Å². The number of nitrogens with two attached hydrogens (primary N) is 1. The van der Waals surface area contributed by atoms with Crippen LogP contribution >= 0.6 is 0 Å². The van der Waals surface area contributed by atoms with Crippen LogP contribution in [0, 0.1) is 0 Å². The van der Waals surface area contributed by atoms with E-state index >= 15 is 0 Å². The summed E-state index contributed by atoms with van der Waals surface area (Å²) >= 11 is 0. The summed E-state index contributed by atoms with van der Waals surface area (Å²) in [5, 5.41) is 4.62. The van der Waals surface area contributed by atoms with Gasteiger partial charge in [-0.05, 0) is 6.42 Å². The molecule has 0 aliphatic heterocycles. The van der Waals surface area contributed by atoms with E-state index in [1.165, 1.54) is 0 Å². The van der Waals surface area contributed by atoms with Gasteiger partial charge in [-0.15, -0.1) is 0 Å². The Morgan fingerprint density at radius 2 is 2.00 bits per heavy atom. The highest BCUT2D eigenvalue weighted by atomic mass is 32.2. The molecule has 0 aliphatic rings. The predicted octanol–water partition coefficient (Wildman–Crippen LogP) is -1.14. The molecule has 0 atom stereocenters. The molecule has 10 heavy (non-hydrogen) atoms. The first-order chi connectivity index (χ1) is 4.42. The van der Waals surface area contributed by atoms with Gasteiger partial charge in [-0.2, -0.15) is 0 Å². The Bertz CT molecular complexity index is 209. The molecular formula is C4H9N2O3S. The Kier molecular flexibility index (Phi) is 3.31. The molecule has 0 heterocycles. The molecule has 0 aromatic carbocycles. The summed E-state index contributed by atoms with van der Waals surface area (Å²) < 4.78 is 20.4. The number of carbonyl (C=O) groups is 1. The van der Waals surface area contributed by atoms with Crippen LogP contribution in [0.25, 0.3) is 0 Å². The van der Waals surface area contributed by atoms with Crippen molar-refractivity contribution in [3.63, 3.8) is 0 Å². The Morgan fingerprint density at radius 3 is 2.30 bits per heavy atom. The van der Waals surface area contributed by atoms with Crippen LogP contribution in [0.1, 0.15) is 12.8 Å². The lowest BCUT2D eigenvalue weighted by Gasteiger charge is -1.93. The summed E-state index contributed by atoms with van der Waals surface area (Å²) in [4.78, 5) is 9.96. The lowest BCUT2D eigenvalue weighted by atomic mass is 10.3. The zero-order valence-electron chi connectivity index (χ0n) is 5.33. The van der Waals surface area contributed by atoms with E-state index < -0.39 is 15.9 Å². The van der Waals surface area contributed by atoms with Crippen molar-refractivity contribution in [2.45, 2.75) is 12.8 Å². The fourth-order valence-corrected chi connectivity index (χ4v) is 0.981. The summed E-state index contributed by atoms with van der Waals surface area (Å²) in [5.74, 6) is -0.985. The minimum Gasteiger partial charge on any atom is -0.273 e. The molecule has 0 aromatic rings. The average molecular weight is 165 g/mol. The lowest BCUT2D eigenvalue weighted by Crippen LogP contribution is -2.17. The van der Waals surface area contributed by atoms with Crippen molar-refractivity contribution in [2.24, 2.45) is 5.14 Å². The molecule has 0 aliphatic carbocycles. The molecule has 59 valence electrons. The van der Waals surface area contributed by atoms with E-state index in [0.29, 0.717) is 0 Å². The zero-order valence-corrected chi connectivity index (χ0v) is 6.15. The van der Waals surface area contributed by atoms with Crippen LogP contribution in [0.15, 0.2) is 0 Å². The maximum atomic E-state index is 10.2. The summed E-state index contributed by atoms with van der Waals surface area (Å²) in [7, 11) is -3.46. The molecule has 0 saturated heterocycles. The first-order valence-electron chi connectivity index (χ1n) is 2.67. The summed E-state index contributed by atoms with van der Waals surface area (Å²) in [6, 6.07) is 0. The van der Waals surface area contributed by atoms with Crippen molar-refractivity contribution in [1.82, 2.24) is 5.73 Å². The molecule has 3 N–H and O–H groups in total. The first-order valence-corrected chi connectivity index (χ1v) is 4.38. The van der Waals surface area contributed by atoms with E-state index in [-0.39, 0.29) is 18.6 Å². The number of carbonyl (C=O) groups excluding carboxylic acids is 1. The normalized spacial score (nSPS) is 11.3. The number of nitrogens with one attached hydrogen (secondary N) is 1. The Balaban J connectivity index is 3.49. The third-order valence-electron chi connectivity index (χ3n) is 0.833. The van der Waals surface area contributed by atoms with Gasteiger partial charge in [0.05, 0.1) is 5.75 Å². The molecule has 0 spiro atoms. The van der Waals surface area contributed by atoms with E-state index in [2.05, 4.69) is 5.14 Å². The number of amides is 1. The van der Waals surface area contributed by atoms with E-state index in [9.17, 15) is 13.2 Å². The van der Waals surface area contributed by atoms with Gasteiger partial charge < -0.3 is 0 Å². The minimum absolute atomic E-state index is 0.0452. The van der Waals surface area contributed by atoms with Gasteiger partial charge >= 0.3 is 0 Å². The van der Waals surface area contributed by atoms with Gasteiger partial charge in [0.15, 0.2) is 0 Å². The minimum atomic E-state index is -3.46. The van der Waals surface area contributed by atoms with Crippen molar-refractivity contribution in [2.75, 3.05) is 5.75 Å². The monoisotopic (exact) mass is 165 g/mol. The Labute approximate surface area is 59.4 Å². The Hall–Kier alpha value is -0.620. The number of sulfonamides is 1. The average Bonchev–Trinajstić information content (AvgIpc) is 1.59. The first kappa shape index (κ1) is 9.38. The van der Waals surface area contributed by atoms with E-state index in [1.807, 2.05) is 0 Å². The van der Waals surface area contributed by atoms with Crippen molar-refractivity contribution in [1.29, 1.82) is 0 Å². The van der Waals surface area contributed by atoms with Crippen LogP contribution in [0.4, 0.5) is 0 Å². The summed E-state index contributed by atoms with van der Waals surface area (Å²) in [6.45, 7) is 0. The largest absolute Gasteiger partial charge is 0.273 e. The quantitative estimate of drug-likeness (QED) is 0.569. The fraction of sp³-hybridized carbons (Fsp3) is 0.750. The van der Waals surface area contributed by atoms with Crippen LogP contribution in [0.2, 0.25) is 0 Å². The van der Waals surface area contributed by atoms with Gasteiger partial charge in [0, 0.05) is 6.42 Å².